The molecule has 6 heteroatoms. The number of alkyl halides is 3. The quantitative estimate of drug-likeness (QED) is 0.539. The second-order valence-electron chi connectivity index (χ2n) is 2.72. The molecule has 0 aliphatic heterocycles. The van der Waals surface area contributed by atoms with Gasteiger partial charge in [0.25, 0.3) is 5.78 Å². The first-order valence-electron chi connectivity index (χ1n) is 3.58. The normalized spacial score (nSPS) is 11.4. The van der Waals surface area contributed by atoms with Crippen LogP contribution in [0.25, 0.3) is 0 Å². The van der Waals surface area contributed by atoms with E-state index in [-0.39, 0.29) is 11.4 Å². The highest BCUT2D eigenvalue weighted by atomic mass is 19.4. The fraction of sp³-hybridized carbons (Fsp3) is 0.125. The van der Waals surface area contributed by atoms with Gasteiger partial charge in [0.1, 0.15) is 0 Å². The van der Waals surface area contributed by atoms with Crippen LogP contribution >= 0.6 is 0 Å². The van der Waals surface area contributed by atoms with E-state index in [4.69, 9.17) is 11.5 Å². The number of Topliss-reactive ketones (excluding diaryl/α,β-unsaturated/α-hetero) is 1. The monoisotopic (exact) mass is 204 g/mol. The van der Waals surface area contributed by atoms with Crippen molar-refractivity contribution in [3.63, 3.8) is 0 Å². The Kier molecular flexibility index (Phi) is 2.37. The highest BCUT2D eigenvalue weighted by Crippen LogP contribution is 2.24. The smallest absolute Gasteiger partial charge is 0.399 e. The molecule has 0 atom stereocenters. The first-order valence-corrected chi connectivity index (χ1v) is 3.58. The number of carbonyl (C=O) groups is 1. The number of rotatable bonds is 1. The van der Waals surface area contributed by atoms with Crippen LogP contribution in [0, 0.1) is 0 Å². The van der Waals surface area contributed by atoms with E-state index in [0.717, 1.165) is 12.1 Å². The molecule has 0 heterocycles. The third-order valence-electron chi connectivity index (χ3n) is 1.50. The van der Waals surface area contributed by atoms with Crippen LogP contribution in [0.4, 0.5) is 24.5 Å². The summed E-state index contributed by atoms with van der Waals surface area (Å²) in [5, 5.41) is 0. The van der Waals surface area contributed by atoms with Crippen LogP contribution < -0.4 is 11.5 Å². The Hall–Kier alpha value is -1.72. The number of hydrogen-bond donors (Lipinski definition) is 2. The van der Waals surface area contributed by atoms with Gasteiger partial charge in [0.15, 0.2) is 0 Å². The van der Waals surface area contributed by atoms with Gasteiger partial charge in [-0.2, -0.15) is 13.2 Å². The van der Waals surface area contributed by atoms with Crippen molar-refractivity contribution in [3.8, 4) is 0 Å². The standard InChI is InChI=1S/C8H7F3N2O/c9-8(10,11)7(14)4-1-5(12)3-6(13)2-4/h1-3H,12-13H2. The number of carbonyl (C=O) groups excluding carboxylic acids is 1. The Balaban J connectivity index is 3.14. The highest BCUT2D eigenvalue weighted by molar-refractivity contribution is 6.01. The molecular formula is C8H7F3N2O. The van der Waals surface area contributed by atoms with Crippen LogP contribution in [-0.2, 0) is 0 Å². The minimum atomic E-state index is -4.90. The van der Waals surface area contributed by atoms with Gasteiger partial charge in [-0.1, -0.05) is 0 Å². The molecule has 14 heavy (non-hydrogen) atoms. The lowest BCUT2D eigenvalue weighted by Gasteiger charge is -2.06. The molecular weight excluding hydrogens is 197 g/mol. The van der Waals surface area contributed by atoms with Crippen molar-refractivity contribution in [3.05, 3.63) is 23.8 Å². The van der Waals surface area contributed by atoms with Crippen LogP contribution in [0.15, 0.2) is 18.2 Å². The van der Waals surface area contributed by atoms with Crippen LogP contribution in [0.2, 0.25) is 0 Å². The Labute approximate surface area is 77.5 Å². The molecule has 3 nitrogen and oxygen atoms in total. The molecule has 76 valence electrons. The topological polar surface area (TPSA) is 69.1 Å². The van der Waals surface area contributed by atoms with E-state index < -0.39 is 17.5 Å². The van der Waals surface area contributed by atoms with E-state index in [1.54, 1.807) is 0 Å². The third kappa shape index (κ3) is 2.15. The number of nitrogen functional groups attached to an aromatic ring is 2. The Bertz CT molecular complexity index is 353. The molecule has 0 aliphatic carbocycles. The predicted molar refractivity (Wildman–Crippen MR) is 45.7 cm³/mol. The van der Waals surface area contributed by atoms with E-state index in [2.05, 4.69) is 0 Å². The van der Waals surface area contributed by atoms with E-state index >= 15 is 0 Å². The van der Waals surface area contributed by atoms with Gasteiger partial charge in [-0.05, 0) is 18.2 Å². The molecule has 0 spiro atoms. The molecule has 1 rings (SSSR count). The van der Waals surface area contributed by atoms with Gasteiger partial charge in [-0.15, -0.1) is 0 Å². The van der Waals surface area contributed by atoms with Gasteiger partial charge in [-0.25, -0.2) is 0 Å². The predicted octanol–water partition coefficient (Wildman–Crippen LogP) is 1.60. The largest absolute Gasteiger partial charge is 0.454 e. The third-order valence-corrected chi connectivity index (χ3v) is 1.50. The van der Waals surface area contributed by atoms with Crippen molar-refractivity contribution in [1.82, 2.24) is 0 Å². The number of benzene rings is 1. The first kappa shape index (κ1) is 10.4. The average molecular weight is 204 g/mol. The molecule has 4 N–H and O–H groups in total. The summed E-state index contributed by atoms with van der Waals surface area (Å²) in [5.74, 6) is -1.95. The zero-order chi connectivity index (χ0) is 10.9. The Morgan fingerprint density at radius 1 is 1.07 bits per heavy atom. The molecule has 1 aromatic carbocycles. The minimum absolute atomic E-state index is 0.0256. The summed E-state index contributed by atoms with van der Waals surface area (Å²) in [7, 11) is 0. The summed E-state index contributed by atoms with van der Waals surface area (Å²) < 4.78 is 35.9. The SMILES string of the molecule is Nc1cc(N)cc(C(=O)C(F)(F)F)c1. The highest BCUT2D eigenvalue weighted by Gasteiger charge is 2.39. The van der Waals surface area contributed by atoms with Gasteiger partial charge >= 0.3 is 6.18 Å². The van der Waals surface area contributed by atoms with Crippen molar-refractivity contribution in [2.75, 3.05) is 11.5 Å². The molecule has 1 aromatic rings. The molecule has 0 aliphatic rings. The van der Waals surface area contributed by atoms with Crippen LogP contribution in [0.3, 0.4) is 0 Å². The lowest BCUT2D eigenvalue weighted by Crippen LogP contribution is -2.22. The number of nitrogens with two attached hydrogens (primary N) is 2. The number of anilines is 2. The lowest BCUT2D eigenvalue weighted by atomic mass is 10.1. The second kappa shape index (κ2) is 3.21. The van der Waals surface area contributed by atoms with Crippen molar-refractivity contribution < 1.29 is 18.0 Å². The van der Waals surface area contributed by atoms with E-state index in [9.17, 15) is 18.0 Å². The molecule has 0 bridgehead atoms. The summed E-state index contributed by atoms with van der Waals surface area (Å²) in [6.07, 6.45) is -4.90. The second-order valence-corrected chi connectivity index (χ2v) is 2.72. The van der Waals surface area contributed by atoms with Gasteiger partial charge in [-0.3, -0.25) is 4.79 Å². The van der Waals surface area contributed by atoms with Crippen LogP contribution in [0.5, 0.6) is 0 Å². The molecule has 0 unspecified atom stereocenters. The first-order chi connectivity index (χ1) is 6.30. The Morgan fingerprint density at radius 2 is 1.50 bits per heavy atom. The van der Waals surface area contributed by atoms with Crippen LogP contribution in [-0.4, -0.2) is 12.0 Å². The maximum atomic E-state index is 12.0. The maximum Gasteiger partial charge on any atom is 0.454 e. The summed E-state index contributed by atoms with van der Waals surface area (Å²) in [6, 6.07) is 3.14. The summed E-state index contributed by atoms with van der Waals surface area (Å²) in [5.41, 5.74) is 9.99. The number of ketones is 1. The molecule has 0 aromatic heterocycles. The zero-order valence-electron chi connectivity index (χ0n) is 6.93. The molecule has 0 radical (unpaired) electrons. The Morgan fingerprint density at radius 3 is 1.86 bits per heavy atom. The zero-order valence-corrected chi connectivity index (χ0v) is 6.93. The fourth-order valence-electron chi connectivity index (χ4n) is 0.971. The number of halogens is 3. The lowest BCUT2D eigenvalue weighted by molar-refractivity contribution is -0.0885. The number of hydrogen-bond acceptors (Lipinski definition) is 3. The average Bonchev–Trinajstić information content (AvgIpc) is 1.99. The van der Waals surface area contributed by atoms with Crippen molar-refractivity contribution >= 4 is 17.2 Å². The molecule has 0 fully saturated rings. The van der Waals surface area contributed by atoms with Crippen molar-refractivity contribution in [1.29, 1.82) is 0 Å². The van der Waals surface area contributed by atoms with E-state index in [1.165, 1.54) is 6.07 Å². The van der Waals surface area contributed by atoms with Crippen LogP contribution in [0.1, 0.15) is 10.4 Å². The molecule has 0 saturated carbocycles. The van der Waals surface area contributed by atoms with Gasteiger partial charge in [0, 0.05) is 16.9 Å². The van der Waals surface area contributed by atoms with E-state index in [1.807, 2.05) is 0 Å². The summed E-state index contributed by atoms with van der Waals surface area (Å²) in [4.78, 5) is 10.7. The van der Waals surface area contributed by atoms with E-state index in [0.29, 0.717) is 0 Å². The minimum Gasteiger partial charge on any atom is -0.399 e. The van der Waals surface area contributed by atoms with Crippen molar-refractivity contribution in [2.45, 2.75) is 6.18 Å². The molecule has 0 saturated heterocycles. The summed E-state index contributed by atoms with van der Waals surface area (Å²) in [6.45, 7) is 0. The fourth-order valence-corrected chi connectivity index (χ4v) is 0.971. The maximum absolute atomic E-state index is 12.0. The molecule has 0 amide bonds. The van der Waals surface area contributed by atoms with Gasteiger partial charge in [0.2, 0.25) is 0 Å². The van der Waals surface area contributed by atoms with Crippen molar-refractivity contribution in [2.24, 2.45) is 0 Å². The van der Waals surface area contributed by atoms with Gasteiger partial charge < -0.3 is 11.5 Å². The van der Waals surface area contributed by atoms with Gasteiger partial charge in [0.05, 0.1) is 0 Å². The summed E-state index contributed by atoms with van der Waals surface area (Å²) >= 11 is 0.